The lowest BCUT2D eigenvalue weighted by Gasteiger charge is -2.15. The van der Waals surface area contributed by atoms with Gasteiger partial charge in [-0.05, 0) is 48.9 Å². The Hall–Kier alpha value is -4.00. The molecule has 30 heavy (non-hydrogen) atoms. The molecule has 0 aliphatic rings. The predicted octanol–water partition coefficient (Wildman–Crippen LogP) is 3.60. The van der Waals surface area contributed by atoms with E-state index in [0.29, 0.717) is 28.1 Å². The number of hydrogen-bond acceptors (Lipinski definition) is 4. The van der Waals surface area contributed by atoms with Crippen molar-refractivity contribution in [3.63, 3.8) is 0 Å². The second-order valence-corrected chi connectivity index (χ2v) is 6.92. The molecule has 0 aliphatic carbocycles. The van der Waals surface area contributed by atoms with E-state index in [9.17, 15) is 14.4 Å². The number of carbonyl (C=O) groups is 3. The van der Waals surface area contributed by atoms with Crippen LogP contribution in [0.1, 0.15) is 36.6 Å². The fraction of sp³-hybridized carbons (Fsp3) is 0.130. The van der Waals surface area contributed by atoms with Crippen LogP contribution in [0.3, 0.4) is 0 Å². The van der Waals surface area contributed by atoms with Crippen molar-refractivity contribution < 1.29 is 14.4 Å². The Balaban J connectivity index is 1.85. The van der Waals surface area contributed by atoms with Gasteiger partial charge in [0, 0.05) is 43.3 Å². The van der Waals surface area contributed by atoms with Crippen molar-refractivity contribution in [2.24, 2.45) is 0 Å². The molecule has 7 heteroatoms. The number of aryl methyl sites for hydroxylation is 1. The predicted molar refractivity (Wildman–Crippen MR) is 116 cm³/mol. The zero-order chi connectivity index (χ0) is 21.7. The summed E-state index contributed by atoms with van der Waals surface area (Å²) in [6.45, 7) is 1.81. The molecule has 152 valence electrons. The van der Waals surface area contributed by atoms with E-state index < -0.39 is 5.91 Å². The van der Waals surface area contributed by atoms with Crippen LogP contribution in [0.2, 0.25) is 0 Å². The van der Waals surface area contributed by atoms with E-state index in [1.165, 1.54) is 17.3 Å². The quantitative estimate of drug-likeness (QED) is 0.682. The van der Waals surface area contributed by atoms with Crippen molar-refractivity contribution in [2.45, 2.75) is 6.92 Å². The third-order valence-corrected chi connectivity index (χ3v) is 4.47. The third kappa shape index (κ3) is 4.70. The van der Waals surface area contributed by atoms with Crippen LogP contribution in [0.25, 0.3) is 0 Å². The second-order valence-electron chi connectivity index (χ2n) is 6.92. The molecule has 7 nitrogen and oxygen atoms in total. The maximum atomic E-state index is 13.0. The lowest BCUT2D eigenvalue weighted by atomic mass is 10.1. The molecule has 0 saturated carbocycles. The highest BCUT2D eigenvalue weighted by atomic mass is 16.2. The van der Waals surface area contributed by atoms with Crippen LogP contribution in [0.15, 0.2) is 67.0 Å². The lowest BCUT2D eigenvalue weighted by Crippen LogP contribution is -2.22. The molecule has 0 unspecified atom stereocenters. The van der Waals surface area contributed by atoms with E-state index in [0.717, 1.165) is 5.56 Å². The van der Waals surface area contributed by atoms with Crippen LogP contribution in [0.5, 0.6) is 0 Å². The number of aromatic nitrogens is 1. The van der Waals surface area contributed by atoms with E-state index >= 15 is 0 Å². The van der Waals surface area contributed by atoms with Gasteiger partial charge in [0.2, 0.25) is 0 Å². The van der Waals surface area contributed by atoms with Gasteiger partial charge in [0.15, 0.2) is 0 Å². The van der Waals surface area contributed by atoms with Gasteiger partial charge in [0.05, 0.1) is 11.3 Å². The summed E-state index contributed by atoms with van der Waals surface area (Å²) in [5.41, 5.74) is 2.89. The molecule has 0 fully saturated rings. The Bertz CT molecular complexity index is 1090. The summed E-state index contributed by atoms with van der Waals surface area (Å²) in [5, 5.41) is 5.62. The van der Waals surface area contributed by atoms with Gasteiger partial charge in [0.1, 0.15) is 0 Å². The summed E-state index contributed by atoms with van der Waals surface area (Å²) in [5.74, 6) is -0.885. The molecule has 1 heterocycles. The van der Waals surface area contributed by atoms with Gasteiger partial charge in [0.25, 0.3) is 17.7 Å². The highest BCUT2D eigenvalue weighted by molar-refractivity contribution is 6.13. The molecule has 1 aromatic heterocycles. The molecule has 0 atom stereocenters. The van der Waals surface area contributed by atoms with Crippen molar-refractivity contribution in [3.8, 4) is 0 Å². The van der Waals surface area contributed by atoms with Crippen LogP contribution in [-0.2, 0) is 0 Å². The molecule has 0 aliphatic heterocycles. The molecule has 2 aromatic carbocycles. The van der Waals surface area contributed by atoms with Crippen molar-refractivity contribution in [3.05, 3.63) is 89.2 Å². The van der Waals surface area contributed by atoms with Crippen molar-refractivity contribution in [1.29, 1.82) is 0 Å². The van der Waals surface area contributed by atoms with Gasteiger partial charge in [-0.2, -0.15) is 0 Å². The Labute approximate surface area is 174 Å². The Kier molecular flexibility index (Phi) is 6.22. The van der Waals surface area contributed by atoms with Gasteiger partial charge in [-0.3, -0.25) is 19.4 Å². The van der Waals surface area contributed by atoms with E-state index in [1.54, 1.807) is 62.6 Å². The van der Waals surface area contributed by atoms with Crippen molar-refractivity contribution in [1.82, 2.24) is 9.88 Å². The first-order valence-electron chi connectivity index (χ1n) is 9.31. The molecule has 2 N–H and O–H groups in total. The fourth-order valence-electron chi connectivity index (χ4n) is 2.90. The highest BCUT2D eigenvalue weighted by Crippen LogP contribution is 2.23. The standard InChI is InChI=1S/C23H22N4O3/c1-15-6-4-9-19(20(15)26-21(28)16-10-12-24-13-11-16)22(29)25-18-8-5-7-17(14-18)23(30)27(2)3/h4-14H,1-3H3,(H,25,29)(H,26,28). The summed E-state index contributed by atoms with van der Waals surface area (Å²) in [4.78, 5) is 43.1. The van der Waals surface area contributed by atoms with Gasteiger partial charge in [-0.15, -0.1) is 0 Å². The van der Waals surface area contributed by atoms with Crippen LogP contribution in [0, 0.1) is 6.92 Å². The van der Waals surface area contributed by atoms with Gasteiger partial charge < -0.3 is 15.5 Å². The zero-order valence-electron chi connectivity index (χ0n) is 17.0. The van der Waals surface area contributed by atoms with Crippen LogP contribution in [0.4, 0.5) is 11.4 Å². The van der Waals surface area contributed by atoms with E-state index in [1.807, 2.05) is 13.0 Å². The van der Waals surface area contributed by atoms with Crippen LogP contribution >= 0.6 is 0 Å². The summed E-state index contributed by atoms with van der Waals surface area (Å²) in [7, 11) is 3.33. The van der Waals surface area contributed by atoms with Crippen molar-refractivity contribution >= 4 is 29.1 Å². The van der Waals surface area contributed by atoms with Crippen LogP contribution in [-0.4, -0.2) is 41.7 Å². The summed E-state index contributed by atoms with van der Waals surface area (Å²) in [6.07, 6.45) is 3.06. The highest BCUT2D eigenvalue weighted by Gasteiger charge is 2.17. The topological polar surface area (TPSA) is 91.4 Å². The number of nitrogens with one attached hydrogen (secondary N) is 2. The molecule has 3 aromatic rings. The first-order chi connectivity index (χ1) is 14.4. The van der Waals surface area contributed by atoms with Gasteiger partial charge in [-0.1, -0.05) is 18.2 Å². The van der Waals surface area contributed by atoms with Crippen LogP contribution < -0.4 is 10.6 Å². The SMILES string of the molecule is Cc1cccc(C(=O)Nc2cccc(C(=O)N(C)C)c2)c1NC(=O)c1ccncc1. The largest absolute Gasteiger partial charge is 0.345 e. The number of nitrogens with zero attached hydrogens (tertiary/aromatic N) is 2. The Morgan fingerprint density at radius 3 is 2.23 bits per heavy atom. The fourth-order valence-corrected chi connectivity index (χ4v) is 2.90. The first kappa shape index (κ1) is 20.7. The molecule has 0 spiro atoms. The Morgan fingerprint density at radius 1 is 0.833 bits per heavy atom. The second kappa shape index (κ2) is 9.00. The summed E-state index contributed by atoms with van der Waals surface area (Å²) >= 11 is 0. The zero-order valence-corrected chi connectivity index (χ0v) is 17.0. The number of carbonyl (C=O) groups excluding carboxylic acids is 3. The number of para-hydroxylation sites is 1. The maximum absolute atomic E-state index is 13.0. The Morgan fingerprint density at radius 2 is 1.53 bits per heavy atom. The maximum Gasteiger partial charge on any atom is 0.257 e. The molecular weight excluding hydrogens is 380 g/mol. The minimum Gasteiger partial charge on any atom is -0.345 e. The molecule has 0 radical (unpaired) electrons. The minimum atomic E-state index is -0.391. The van der Waals surface area contributed by atoms with Gasteiger partial charge >= 0.3 is 0 Å². The first-order valence-corrected chi connectivity index (χ1v) is 9.31. The van der Waals surface area contributed by atoms with Crippen molar-refractivity contribution in [2.75, 3.05) is 24.7 Å². The number of pyridine rings is 1. The molecule has 0 saturated heterocycles. The molecule has 0 bridgehead atoms. The lowest BCUT2D eigenvalue weighted by molar-refractivity contribution is 0.0827. The van der Waals surface area contributed by atoms with E-state index in [2.05, 4.69) is 15.6 Å². The monoisotopic (exact) mass is 402 g/mol. The normalized spacial score (nSPS) is 10.2. The average molecular weight is 402 g/mol. The molecular formula is C23H22N4O3. The number of anilines is 2. The van der Waals surface area contributed by atoms with Gasteiger partial charge in [-0.25, -0.2) is 0 Å². The van der Waals surface area contributed by atoms with E-state index in [4.69, 9.17) is 0 Å². The third-order valence-electron chi connectivity index (χ3n) is 4.47. The number of rotatable bonds is 5. The molecule has 3 amide bonds. The summed E-state index contributed by atoms with van der Waals surface area (Å²) in [6, 6.07) is 15.1. The summed E-state index contributed by atoms with van der Waals surface area (Å²) < 4.78 is 0. The number of hydrogen-bond donors (Lipinski definition) is 2. The number of amides is 3. The average Bonchev–Trinajstić information content (AvgIpc) is 2.75. The smallest absolute Gasteiger partial charge is 0.257 e. The molecule has 3 rings (SSSR count). The number of benzene rings is 2. The van der Waals surface area contributed by atoms with E-state index in [-0.39, 0.29) is 11.8 Å². The minimum absolute atomic E-state index is 0.160.